The summed E-state index contributed by atoms with van der Waals surface area (Å²) in [4.78, 5) is 28.1. The molecule has 1 fully saturated rings. The fourth-order valence-electron chi connectivity index (χ4n) is 2.60. The highest BCUT2D eigenvalue weighted by Crippen LogP contribution is 2.22. The monoisotopic (exact) mass is 381 g/mol. The normalized spacial score (nSPS) is 15.6. The molecule has 0 saturated carbocycles. The number of rotatable bonds is 6. The lowest BCUT2D eigenvalue weighted by Gasteiger charge is -2.34. The molecule has 1 aromatic rings. The predicted molar refractivity (Wildman–Crippen MR) is 102 cm³/mol. The summed E-state index contributed by atoms with van der Waals surface area (Å²) < 4.78 is 5.71. The molecule has 0 spiro atoms. The number of carbonyl (C=O) groups is 2. The van der Waals surface area contributed by atoms with Crippen LogP contribution in [0, 0.1) is 5.41 Å². The van der Waals surface area contributed by atoms with E-state index < -0.39 is 5.41 Å². The molecule has 144 valence electrons. The Morgan fingerprint density at radius 2 is 1.81 bits per heavy atom. The van der Waals surface area contributed by atoms with E-state index in [1.165, 1.54) is 0 Å². The van der Waals surface area contributed by atoms with E-state index in [4.69, 9.17) is 16.3 Å². The smallest absolute Gasteiger partial charge is 0.242 e. The van der Waals surface area contributed by atoms with Crippen molar-refractivity contribution in [2.45, 2.75) is 20.8 Å². The van der Waals surface area contributed by atoms with Crippen LogP contribution >= 0.6 is 11.6 Å². The summed E-state index contributed by atoms with van der Waals surface area (Å²) in [6.45, 7) is 9.81. The second-order valence-corrected chi connectivity index (χ2v) is 7.84. The van der Waals surface area contributed by atoms with Crippen molar-refractivity contribution in [3.8, 4) is 5.75 Å². The third kappa shape index (κ3) is 6.18. The van der Waals surface area contributed by atoms with E-state index in [9.17, 15) is 9.59 Å². The molecule has 1 aliphatic heterocycles. The Bertz CT molecular complexity index is 623. The quantitative estimate of drug-likeness (QED) is 0.819. The zero-order valence-electron chi connectivity index (χ0n) is 15.8. The molecule has 1 saturated heterocycles. The van der Waals surface area contributed by atoms with Crippen LogP contribution in [0.1, 0.15) is 20.8 Å². The molecule has 0 aromatic heterocycles. The van der Waals surface area contributed by atoms with Gasteiger partial charge < -0.3 is 15.0 Å². The minimum absolute atomic E-state index is 0.0328. The number of piperazine rings is 1. The number of nitrogens with zero attached hydrogens (tertiary/aromatic N) is 2. The van der Waals surface area contributed by atoms with E-state index in [2.05, 4.69) is 10.2 Å². The Morgan fingerprint density at radius 1 is 1.15 bits per heavy atom. The average Bonchev–Trinajstić information content (AvgIpc) is 2.60. The fraction of sp³-hybridized carbons (Fsp3) is 0.579. The van der Waals surface area contributed by atoms with Gasteiger partial charge in [-0.2, -0.15) is 0 Å². The van der Waals surface area contributed by atoms with Gasteiger partial charge >= 0.3 is 0 Å². The van der Waals surface area contributed by atoms with Crippen molar-refractivity contribution in [3.05, 3.63) is 29.3 Å². The third-order valence-corrected chi connectivity index (χ3v) is 4.62. The highest BCUT2D eigenvalue weighted by Gasteiger charge is 2.24. The van der Waals surface area contributed by atoms with Crippen molar-refractivity contribution in [2.24, 2.45) is 5.41 Å². The van der Waals surface area contributed by atoms with Gasteiger partial charge in [-0.3, -0.25) is 14.5 Å². The zero-order valence-corrected chi connectivity index (χ0v) is 16.5. The number of carbonyl (C=O) groups excluding carboxylic acids is 2. The SMILES string of the molecule is CC(C)(C)C(=O)NCC(=O)N1CCN(CCOc2ccccc2Cl)CC1. The minimum Gasteiger partial charge on any atom is -0.491 e. The molecule has 0 radical (unpaired) electrons. The first kappa shape index (κ1) is 20.5. The number of amides is 2. The maximum Gasteiger partial charge on any atom is 0.242 e. The van der Waals surface area contributed by atoms with Gasteiger partial charge in [-0.15, -0.1) is 0 Å². The molecule has 7 heteroatoms. The molecule has 1 N–H and O–H groups in total. The number of benzene rings is 1. The van der Waals surface area contributed by atoms with Gasteiger partial charge in [0.15, 0.2) is 0 Å². The van der Waals surface area contributed by atoms with Crippen LogP contribution in [-0.4, -0.2) is 67.5 Å². The number of nitrogens with one attached hydrogen (secondary N) is 1. The van der Waals surface area contributed by atoms with Gasteiger partial charge in [-0.1, -0.05) is 44.5 Å². The van der Waals surface area contributed by atoms with E-state index in [-0.39, 0.29) is 18.4 Å². The molecule has 1 heterocycles. The van der Waals surface area contributed by atoms with Gasteiger partial charge in [0.2, 0.25) is 11.8 Å². The van der Waals surface area contributed by atoms with E-state index in [1.54, 1.807) is 11.0 Å². The summed E-state index contributed by atoms with van der Waals surface area (Å²) >= 11 is 6.07. The molecule has 2 rings (SSSR count). The second-order valence-electron chi connectivity index (χ2n) is 7.43. The Kier molecular flexibility index (Phi) is 7.29. The summed E-state index contributed by atoms with van der Waals surface area (Å²) in [7, 11) is 0. The fourth-order valence-corrected chi connectivity index (χ4v) is 2.79. The molecular formula is C19H28ClN3O3. The van der Waals surface area contributed by atoms with E-state index >= 15 is 0 Å². The van der Waals surface area contributed by atoms with Gasteiger partial charge in [0.1, 0.15) is 12.4 Å². The van der Waals surface area contributed by atoms with Crippen molar-refractivity contribution in [1.82, 2.24) is 15.1 Å². The van der Waals surface area contributed by atoms with E-state index in [1.807, 2.05) is 39.0 Å². The average molecular weight is 382 g/mol. The lowest BCUT2D eigenvalue weighted by molar-refractivity contribution is -0.136. The number of hydrogen-bond donors (Lipinski definition) is 1. The standard InChI is InChI=1S/C19H28ClN3O3/c1-19(2,3)18(25)21-14-17(24)23-10-8-22(9-11-23)12-13-26-16-7-5-4-6-15(16)20/h4-7H,8-14H2,1-3H3,(H,21,25). The predicted octanol–water partition coefficient (Wildman–Crippen LogP) is 2.03. The van der Waals surface area contributed by atoms with Crippen molar-refractivity contribution >= 4 is 23.4 Å². The maximum absolute atomic E-state index is 12.2. The van der Waals surface area contributed by atoms with Gasteiger partial charge in [0.05, 0.1) is 11.6 Å². The summed E-state index contributed by atoms with van der Waals surface area (Å²) in [5, 5.41) is 3.32. The third-order valence-electron chi connectivity index (χ3n) is 4.31. The lowest BCUT2D eigenvalue weighted by Crippen LogP contribution is -2.52. The zero-order chi connectivity index (χ0) is 19.2. The van der Waals surface area contributed by atoms with Crippen LogP contribution in [0.4, 0.5) is 0 Å². The highest BCUT2D eigenvalue weighted by molar-refractivity contribution is 6.32. The van der Waals surface area contributed by atoms with Crippen molar-refractivity contribution in [3.63, 3.8) is 0 Å². The van der Waals surface area contributed by atoms with E-state index in [0.717, 1.165) is 19.6 Å². The topological polar surface area (TPSA) is 61.9 Å². The molecule has 0 unspecified atom stereocenters. The Labute approximate surface area is 160 Å². The Balaban J connectivity index is 1.66. The molecule has 0 aliphatic carbocycles. The first-order valence-electron chi connectivity index (χ1n) is 8.93. The van der Waals surface area contributed by atoms with Crippen molar-refractivity contribution < 1.29 is 14.3 Å². The number of ether oxygens (including phenoxy) is 1. The van der Waals surface area contributed by atoms with Gasteiger partial charge in [-0.05, 0) is 12.1 Å². The molecule has 2 amide bonds. The van der Waals surface area contributed by atoms with Gasteiger partial charge in [-0.25, -0.2) is 0 Å². The van der Waals surface area contributed by atoms with Gasteiger partial charge in [0, 0.05) is 38.1 Å². The number of hydrogen-bond acceptors (Lipinski definition) is 4. The number of halogens is 1. The van der Waals surface area contributed by atoms with Gasteiger partial charge in [0.25, 0.3) is 0 Å². The molecule has 1 aromatic carbocycles. The minimum atomic E-state index is -0.485. The molecule has 26 heavy (non-hydrogen) atoms. The van der Waals surface area contributed by atoms with E-state index in [0.29, 0.717) is 30.5 Å². The molecular weight excluding hydrogens is 354 g/mol. The Hall–Kier alpha value is -1.79. The summed E-state index contributed by atoms with van der Waals surface area (Å²) in [6.07, 6.45) is 0. The van der Waals surface area contributed by atoms with Crippen LogP contribution in [0.5, 0.6) is 5.75 Å². The van der Waals surface area contributed by atoms with Crippen LogP contribution in [0.3, 0.4) is 0 Å². The summed E-state index contributed by atoms with van der Waals surface area (Å²) in [6, 6.07) is 7.42. The second kappa shape index (κ2) is 9.24. The molecule has 1 aliphatic rings. The van der Waals surface area contributed by atoms with Crippen LogP contribution in [0.2, 0.25) is 5.02 Å². The van der Waals surface area contributed by atoms with Crippen LogP contribution < -0.4 is 10.1 Å². The summed E-state index contributed by atoms with van der Waals surface area (Å²) in [5.41, 5.74) is -0.485. The van der Waals surface area contributed by atoms with Crippen molar-refractivity contribution in [1.29, 1.82) is 0 Å². The van der Waals surface area contributed by atoms with Crippen molar-refractivity contribution in [2.75, 3.05) is 45.9 Å². The van der Waals surface area contributed by atoms with Crippen LogP contribution in [0.15, 0.2) is 24.3 Å². The highest BCUT2D eigenvalue weighted by atomic mass is 35.5. The first-order valence-corrected chi connectivity index (χ1v) is 9.31. The van der Waals surface area contributed by atoms with Crippen LogP contribution in [0.25, 0.3) is 0 Å². The molecule has 0 bridgehead atoms. The molecule has 6 nitrogen and oxygen atoms in total. The number of para-hydroxylation sites is 1. The largest absolute Gasteiger partial charge is 0.491 e. The first-order chi connectivity index (χ1) is 12.3. The Morgan fingerprint density at radius 3 is 2.42 bits per heavy atom. The lowest BCUT2D eigenvalue weighted by atomic mass is 9.96. The maximum atomic E-state index is 12.2. The van der Waals surface area contributed by atoms with Crippen LogP contribution in [-0.2, 0) is 9.59 Å². The summed E-state index contributed by atoms with van der Waals surface area (Å²) in [5.74, 6) is 0.549. The molecule has 0 atom stereocenters.